The second kappa shape index (κ2) is 6.81. The van der Waals surface area contributed by atoms with E-state index in [2.05, 4.69) is 20.9 Å². The van der Waals surface area contributed by atoms with Crippen molar-refractivity contribution < 1.29 is 4.79 Å². The van der Waals surface area contributed by atoms with Crippen molar-refractivity contribution in [2.24, 2.45) is 0 Å². The number of amides is 1. The minimum atomic E-state index is -0.156. The smallest absolute Gasteiger partial charge is 0.221 e. The molecule has 0 saturated heterocycles. The van der Waals surface area contributed by atoms with Gasteiger partial charge in [-0.1, -0.05) is 23.4 Å². The topological polar surface area (TPSA) is 71.8 Å². The molecule has 1 aromatic heterocycles. The van der Waals surface area contributed by atoms with Crippen molar-refractivity contribution in [3.63, 3.8) is 0 Å². The van der Waals surface area contributed by atoms with Crippen LogP contribution in [-0.4, -0.2) is 34.5 Å². The highest BCUT2D eigenvalue weighted by atomic mass is 16.1. The molecule has 0 spiro atoms. The first-order valence-electron chi connectivity index (χ1n) is 6.62. The molecule has 0 fully saturated rings. The number of nitrogens with one attached hydrogen (secondary N) is 2. The Morgan fingerprint density at radius 2 is 2.10 bits per heavy atom. The maximum Gasteiger partial charge on any atom is 0.221 e. The van der Waals surface area contributed by atoms with Gasteiger partial charge < -0.3 is 10.6 Å². The molecule has 0 aliphatic heterocycles. The normalized spacial score (nSPS) is 12.1. The number of carbonyl (C=O) groups excluding carboxylic acids is 1. The lowest BCUT2D eigenvalue weighted by Gasteiger charge is -2.10. The molecule has 2 aromatic rings. The highest BCUT2D eigenvalue weighted by Gasteiger charge is 2.13. The SMILES string of the molecule is CNCCC(=O)NC(C)c1cn(-c2ccccc2)nn1. The first-order chi connectivity index (χ1) is 9.70. The van der Waals surface area contributed by atoms with Gasteiger partial charge in [0.15, 0.2) is 0 Å². The van der Waals surface area contributed by atoms with E-state index in [0.717, 1.165) is 11.4 Å². The second-order valence-corrected chi connectivity index (χ2v) is 4.57. The van der Waals surface area contributed by atoms with Crippen molar-refractivity contribution in [3.8, 4) is 5.69 Å². The molecule has 6 nitrogen and oxygen atoms in total. The second-order valence-electron chi connectivity index (χ2n) is 4.57. The summed E-state index contributed by atoms with van der Waals surface area (Å²) < 4.78 is 1.70. The quantitative estimate of drug-likeness (QED) is 0.825. The summed E-state index contributed by atoms with van der Waals surface area (Å²) in [6, 6.07) is 9.59. The Labute approximate surface area is 118 Å². The summed E-state index contributed by atoms with van der Waals surface area (Å²) in [4.78, 5) is 11.7. The standard InChI is InChI=1S/C14H19N5O/c1-11(16-14(20)8-9-15-2)13-10-19(18-17-13)12-6-4-3-5-7-12/h3-7,10-11,15H,8-9H2,1-2H3,(H,16,20). The van der Waals surface area contributed by atoms with Crippen molar-refractivity contribution in [1.29, 1.82) is 0 Å². The molecule has 0 aliphatic carbocycles. The van der Waals surface area contributed by atoms with Crippen LogP contribution >= 0.6 is 0 Å². The molecule has 106 valence electrons. The number of nitrogens with zero attached hydrogens (tertiary/aromatic N) is 3. The number of aromatic nitrogens is 3. The zero-order valence-corrected chi connectivity index (χ0v) is 11.7. The number of hydrogen-bond donors (Lipinski definition) is 2. The van der Waals surface area contributed by atoms with Gasteiger partial charge in [0.25, 0.3) is 0 Å². The van der Waals surface area contributed by atoms with Crippen molar-refractivity contribution in [3.05, 3.63) is 42.2 Å². The lowest BCUT2D eigenvalue weighted by atomic mass is 10.2. The highest BCUT2D eigenvalue weighted by molar-refractivity contribution is 5.76. The van der Waals surface area contributed by atoms with Crippen LogP contribution in [0.2, 0.25) is 0 Å². The van der Waals surface area contributed by atoms with Crippen LogP contribution in [-0.2, 0) is 4.79 Å². The van der Waals surface area contributed by atoms with Crippen molar-refractivity contribution in [2.75, 3.05) is 13.6 Å². The fourth-order valence-corrected chi connectivity index (χ4v) is 1.81. The van der Waals surface area contributed by atoms with Gasteiger partial charge in [-0.15, -0.1) is 5.10 Å². The molecule has 0 saturated carbocycles. The number of para-hydroxylation sites is 1. The van der Waals surface area contributed by atoms with E-state index in [9.17, 15) is 4.79 Å². The summed E-state index contributed by atoms with van der Waals surface area (Å²) in [7, 11) is 1.82. The monoisotopic (exact) mass is 273 g/mol. The lowest BCUT2D eigenvalue weighted by molar-refractivity contribution is -0.121. The minimum absolute atomic E-state index is 0.00103. The fraction of sp³-hybridized carbons (Fsp3) is 0.357. The third-order valence-electron chi connectivity index (χ3n) is 2.96. The maximum atomic E-state index is 11.7. The van der Waals surface area contributed by atoms with Gasteiger partial charge in [0.05, 0.1) is 17.9 Å². The first kappa shape index (κ1) is 14.2. The average molecular weight is 273 g/mol. The molecule has 1 unspecified atom stereocenters. The summed E-state index contributed by atoms with van der Waals surface area (Å²) in [5.74, 6) is 0.00103. The summed E-state index contributed by atoms with van der Waals surface area (Å²) in [6.45, 7) is 2.56. The van der Waals surface area contributed by atoms with E-state index in [4.69, 9.17) is 0 Å². The van der Waals surface area contributed by atoms with Gasteiger partial charge in [-0.05, 0) is 26.1 Å². The van der Waals surface area contributed by atoms with Gasteiger partial charge in [-0.25, -0.2) is 4.68 Å². The van der Waals surface area contributed by atoms with E-state index in [1.54, 1.807) is 4.68 Å². The minimum Gasteiger partial charge on any atom is -0.348 e. The van der Waals surface area contributed by atoms with Crippen molar-refractivity contribution >= 4 is 5.91 Å². The van der Waals surface area contributed by atoms with Gasteiger partial charge in [-0.2, -0.15) is 0 Å². The Kier molecular flexibility index (Phi) is 4.84. The Bertz CT molecular complexity index is 552. The Hall–Kier alpha value is -2.21. The molecular weight excluding hydrogens is 254 g/mol. The molecule has 1 amide bonds. The maximum absolute atomic E-state index is 11.7. The lowest BCUT2D eigenvalue weighted by Crippen LogP contribution is -2.29. The van der Waals surface area contributed by atoms with Crippen LogP contribution in [0, 0.1) is 0 Å². The molecule has 0 bridgehead atoms. The Morgan fingerprint density at radius 3 is 2.80 bits per heavy atom. The van der Waals surface area contributed by atoms with Crippen LogP contribution < -0.4 is 10.6 Å². The van der Waals surface area contributed by atoms with E-state index in [0.29, 0.717) is 13.0 Å². The zero-order valence-electron chi connectivity index (χ0n) is 11.7. The van der Waals surface area contributed by atoms with Crippen LogP contribution in [0.1, 0.15) is 25.1 Å². The third-order valence-corrected chi connectivity index (χ3v) is 2.96. The Morgan fingerprint density at radius 1 is 1.35 bits per heavy atom. The molecule has 0 radical (unpaired) electrons. The van der Waals surface area contributed by atoms with Gasteiger partial charge in [0.2, 0.25) is 5.91 Å². The molecule has 20 heavy (non-hydrogen) atoms. The third kappa shape index (κ3) is 3.64. The summed E-state index contributed by atoms with van der Waals surface area (Å²) in [6.07, 6.45) is 2.28. The van der Waals surface area contributed by atoms with Crippen LogP contribution in [0.3, 0.4) is 0 Å². The largest absolute Gasteiger partial charge is 0.348 e. The van der Waals surface area contributed by atoms with Crippen molar-refractivity contribution in [1.82, 2.24) is 25.6 Å². The number of carbonyl (C=O) groups is 1. The highest BCUT2D eigenvalue weighted by Crippen LogP contribution is 2.11. The van der Waals surface area contributed by atoms with Gasteiger partial charge in [0.1, 0.15) is 5.69 Å². The summed E-state index contributed by atoms with van der Waals surface area (Å²) >= 11 is 0. The summed E-state index contributed by atoms with van der Waals surface area (Å²) in [5.41, 5.74) is 1.69. The van der Waals surface area contributed by atoms with E-state index in [-0.39, 0.29) is 11.9 Å². The summed E-state index contributed by atoms with van der Waals surface area (Å²) in [5, 5.41) is 14.0. The van der Waals surface area contributed by atoms with Crippen LogP contribution in [0.25, 0.3) is 5.69 Å². The van der Waals surface area contributed by atoms with Crippen LogP contribution in [0.4, 0.5) is 0 Å². The molecule has 1 atom stereocenters. The molecule has 1 aromatic carbocycles. The van der Waals surface area contributed by atoms with E-state index in [1.165, 1.54) is 0 Å². The molecule has 2 N–H and O–H groups in total. The molecular formula is C14H19N5O. The van der Waals surface area contributed by atoms with Crippen molar-refractivity contribution in [2.45, 2.75) is 19.4 Å². The zero-order chi connectivity index (χ0) is 14.4. The molecule has 1 heterocycles. The Balaban J connectivity index is 2.00. The molecule has 2 rings (SSSR count). The predicted octanol–water partition coefficient (Wildman–Crippen LogP) is 1.05. The molecule has 6 heteroatoms. The average Bonchev–Trinajstić information content (AvgIpc) is 2.96. The van der Waals surface area contributed by atoms with Crippen LogP contribution in [0.5, 0.6) is 0 Å². The number of benzene rings is 1. The first-order valence-corrected chi connectivity index (χ1v) is 6.62. The van der Waals surface area contributed by atoms with Crippen LogP contribution in [0.15, 0.2) is 36.5 Å². The van der Waals surface area contributed by atoms with Gasteiger partial charge >= 0.3 is 0 Å². The van der Waals surface area contributed by atoms with E-state index < -0.39 is 0 Å². The number of rotatable bonds is 6. The van der Waals surface area contributed by atoms with E-state index in [1.807, 2.05) is 50.5 Å². The number of hydrogen-bond acceptors (Lipinski definition) is 4. The predicted molar refractivity (Wildman–Crippen MR) is 76.5 cm³/mol. The van der Waals surface area contributed by atoms with Gasteiger partial charge in [-0.3, -0.25) is 4.79 Å². The fourth-order valence-electron chi connectivity index (χ4n) is 1.81. The van der Waals surface area contributed by atoms with Gasteiger partial charge in [0, 0.05) is 13.0 Å². The van der Waals surface area contributed by atoms with E-state index >= 15 is 0 Å². The molecule has 0 aliphatic rings.